The highest BCUT2D eigenvalue weighted by Crippen LogP contribution is 2.34. The number of likely N-dealkylation sites (tertiary alicyclic amines) is 1. The zero-order valence-electron chi connectivity index (χ0n) is 14.6. The van der Waals surface area contributed by atoms with Gasteiger partial charge in [0.05, 0.1) is 18.3 Å². The van der Waals surface area contributed by atoms with Gasteiger partial charge in [-0.3, -0.25) is 24.1 Å². The Bertz CT molecular complexity index is 739. The number of hydrogen-bond acceptors (Lipinski definition) is 5. The average molecular weight is 355 g/mol. The van der Waals surface area contributed by atoms with E-state index in [1.54, 1.807) is 12.1 Å². The zero-order chi connectivity index (χ0) is 18.7. The number of hydrogen-bond donors (Lipinski definition) is 0. The third kappa shape index (κ3) is 3.74. The number of Topliss-reactive ketones (excluding diaryl/α,β-unsaturated/α-hetero) is 1. The molecule has 0 N–H and O–H groups in total. The summed E-state index contributed by atoms with van der Waals surface area (Å²) in [5.41, 5.74) is 1.51. The van der Waals surface area contributed by atoms with Crippen molar-refractivity contribution >= 4 is 23.6 Å². The minimum atomic E-state index is -0.598. The van der Waals surface area contributed by atoms with E-state index in [0.29, 0.717) is 18.4 Å². The van der Waals surface area contributed by atoms with Crippen LogP contribution in [-0.4, -0.2) is 41.6 Å². The maximum atomic E-state index is 12.3. The van der Waals surface area contributed by atoms with Crippen molar-refractivity contribution in [3.05, 3.63) is 47.5 Å². The van der Waals surface area contributed by atoms with E-state index in [9.17, 15) is 19.2 Å². The molecule has 0 spiro atoms. The molecule has 6 nitrogen and oxygen atoms in total. The van der Waals surface area contributed by atoms with Crippen molar-refractivity contribution in [1.82, 2.24) is 4.90 Å². The summed E-state index contributed by atoms with van der Waals surface area (Å²) >= 11 is 0. The number of ketones is 1. The summed E-state index contributed by atoms with van der Waals surface area (Å²) in [4.78, 5) is 49.6. The largest absolute Gasteiger partial charge is 0.457 e. The zero-order valence-corrected chi connectivity index (χ0v) is 14.6. The number of allylic oxidation sites excluding steroid dienone is 2. The highest BCUT2D eigenvalue weighted by atomic mass is 16.5. The first-order chi connectivity index (χ1) is 12.5. The molecule has 2 atom stereocenters. The summed E-state index contributed by atoms with van der Waals surface area (Å²) in [7, 11) is 0. The molecule has 1 aromatic carbocycles. The average Bonchev–Trinajstić information content (AvgIpc) is 2.89. The molecule has 0 aromatic heterocycles. The summed E-state index contributed by atoms with van der Waals surface area (Å²) in [5, 5.41) is 0. The van der Waals surface area contributed by atoms with Crippen LogP contribution in [0.15, 0.2) is 36.4 Å². The molecule has 136 valence electrons. The molecule has 0 bridgehead atoms. The van der Waals surface area contributed by atoms with Gasteiger partial charge in [0.2, 0.25) is 11.8 Å². The number of rotatable bonds is 6. The summed E-state index contributed by atoms with van der Waals surface area (Å²) < 4.78 is 4.99. The van der Waals surface area contributed by atoms with Crippen molar-refractivity contribution in [1.29, 1.82) is 0 Å². The molecule has 1 aliphatic heterocycles. The highest BCUT2D eigenvalue weighted by molar-refractivity contribution is 6.05. The molecule has 1 aromatic rings. The second kappa shape index (κ2) is 7.64. The number of carbonyl (C=O) groups excluding carboxylic acids is 4. The Morgan fingerprint density at radius 3 is 2.19 bits per heavy atom. The molecular weight excluding hydrogens is 334 g/mol. The van der Waals surface area contributed by atoms with Crippen LogP contribution in [0.25, 0.3) is 0 Å². The Balaban J connectivity index is 1.47. The van der Waals surface area contributed by atoms with Gasteiger partial charge in [-0.1, -0.05) is 42.0 Å². The van der Waals surface area contributed by atoms with Gasteiger partial charge < -0.3 is 4.74 Å². The number of fused-ring (bicyclic) bond motifs is 1. The van der Waals surface area contributed by atoms with Crippen LogP contribution in [0.3, 0.4) is 0 Å². The topological polar surface area (TPSA) is 80.8 Å². The number of ether oxygens (including phenoxy) is 1. The van der Waals surface area contributed by atoms with E-state index in [1.165, 1.54) is 0 Å². The molecule has 1 fully saturated rings. The van der Waals surface area contributed by atoms with Crippen LogP contribution >= 0.6 is 0 Å². The van der Waals surface area contributed by atoms with Gasteiger partial charge in [-0.25, -0.2) is 0 Å². The van der Waals surface area contributed by atoms with Crippen molar-refractivity contribution in [2.75, 3.05) is 13.2 Å². The van der Waals surface area contributed by atoms with Crippen molar-refractivity contribution in [2.45, 2.75) is 26.2 Å². The van der Waals surface area contributed by atoms with Crippen molar-refractivity contribution in [3.8, 4) is 0 Å². The first kappa shape index (κ1) is 18.0. The highest BCUT2D eigenvalue weighted by Gasteiger charge is 2.46. The molecule has 26 heavy (non-hydrogen) atoms. The quantitative estimate of drug-likeness (QED) is 0.338. The molecule has 0 unspecified atom stereocenters. The van der Waals surface area contributed by atoms with E-state index >= 15 is 0 Å². The normalized spacial score (nSPS) is 21.7. The van der Waals surface area contributed by atoms with Crippen molar-refractivity contribution < 1.29 is 23.9 Å². The van der Waals surface area contributed by atoms with Crippen LogP contribution in [0.4, 0.5) is 0 Å². The van der Waals surface area contributed by atoms with E-state index in [1.807, 2.05) is 31.2 Å². The minimum absolute atomic E-state index is 0.00220. The number of aryl methyl sites for hydroxylation is 1. The molecule has 0 saturated carbocycles. The van der Waals surface area contributed by atoms with Gasteiger partial charge in [0, 0.05) is 12.1 Å². The number of imide groups is 1. The fourth-order valence-electron chi connectivity index (χ4n) is 3.33. The van der Waals surface area contributed by atoms with E-state index in [4.69, 9.17) is 4.74 Å². The third-order valence-electron chi connectivity index (χ3n) is 4.88. The fourth-order valence-corrected chi connectivity index (χ4v) is 3.33. The summed E-state index contributed by atoms with van der Waals surface area (Å²) in [6.07, 6.45) is 4.87. The number of benzene rings is 1. The lowest BCUT2D eigenvalue weighted by molar-refractivity contribution is -0.145. The molecule has 2 amide bonds. The lowest BCUT2D eigenvalue weighted by Crippen LogP contribution is -2.33. The predicted molar refractivity (Wildman–Crippen MR) is 93.2 cm³/mol. The number of amides is 2. The maximum absolute atomic E-state index is 12.3. The number of carbonyl (C=O) groups is 4. The molecule has 2 aliphatic rings. The molecular formula is C20H21NO5. The van der Waals surface area contributed by atoms with E-state index in [2.05, 4.69) is 0 Å². The second-order valence-electron chi connectivity index (χ2n) is 6.68. The van der Waals surface area contributed by atoms with Crippen LogP contribution in [0.2, 0.25) is 0 Å². The van der Waals surface area contributed by atoms with E-state index in [-0.39, 0.29) is 49.0 Å². The number of nitrogens with zero attached hydrogens (tertiary/aromatic N) is 1. The van der Waals surface area contributed by atoms with Gasteiger partial charge in [0.25, 0.3) is 0 Å². The van der Waals surface area contributed by atoms with Crippen molar-refractivity contribution in [3.63, 3.8) is 0 Å². The van der Waals surface area contributed by atoms with E-state index in [0.717, 1.165) is 10.5 Å². The Kier molecular flexibility index (Phi) is 5.30. The molecule has 1 saturated heterocycles. The maximum Gasteiger partial charge on any atom is 0.308 e. The molecule has 0 radical (unpaired) electrons. The van der Waals surface area contributed by atoms with Crippen LogP contribution in [0, 0.1) is 18.8 Å². The number of esters is 1. The fraction of sp³-hybridized carbons (Fsp3) is 0.400. The Morgan fingerprint density at radius 2 is 1.62 bits per heavy atom. The van der Waals surface area contributed by atoms with Gasteiger partial charge in [0.1, 0.15) is 0 Å². The third-order valence-corrected chi connectivity index (χ3v) is 4.88. The Labute approximate surface area is 151 Å². The predicted octanol–water partition coefficient (Wildman–Crippen LogP) is 2.06. The monoisotopic (exact) mass is 355 g/mol. The van der Waals surface area contributed by atoms with Crippen LogP contribution < -0.4 is 0 Å². The second-order valence-corrected chi connectivity index (χ2v) is 6.68. The SMILES string of the molecule is Cc1ccc(C(=O)COC(=O)CCN2C(=O)[C@H]3CC=CC[C@H]3C2=O)cc1. The lowest BCUT2D eigenvalue weighted by atomic mass is 9.85. The summed E-state index contributed by atoms with van der Waals surface area (Å²) in [6.45, 7) is 1.57. The molecule has 1 heterocycles. The van der Waals surface area contributed by atoms with Crippen LogP contribution in [-0.2, 0) is 19.1 Å². The molecule has 6 heteroatoms. The van der Waals surface area contributed by atoms with Gasteiger partial charge in [-0.2, -0.15) is 0 Å². The van der Waals surface area contributed by atoms with Gasteiger partial charge in [-0.15, -0.1) is 0 Å². The smallest absolute Gasteiger partial charge is 0.308 e. The van der Waals surface area contributed by atoms with Crippen molar-refractivity contribution in [2.24, 2.45) is 11.8 Å². The van der Waals surface area contributed by atoms with E-state index < -0.39 is 5.97 Å². The van der Waals surface area contributed by atoms with Gasteiger partial charge >= 0.3 is 5.97 Å². The Morgan fingerprint density at radius 1 is 1.04 bits per heavy atom. The molecule has 1 aliphatic carbocycles. The van der Waals surface area contributed by atoms with Gasteiger partial charge in [-0.05, 0) is 19.8 Å². The minimum Gasteiger partial charge on any atom is -0.457 e. The van der Waals surface area contributed by atoms with Gasteiger partial charge in [0.15, 0.2) is 12.4 Å². The van der Waals surface area contributed by atoms with Crippen LogP contribution in [0.1, 0.15) is 35.2 Å². The van der Waals surface area contributed by atoms with Crippen LogP contribution in [0.5, 0.6) is 0 Å². The standard InChI is InChI=1S/C20H21NO5/c1-13-6-8-14(9-7-13)17(22)12-26-18(23)10-11-21-19(24)15-4-2-3-5-16(15)20(21)25/h2-3,6-9,15-16H,4-5,10-12H2,1H3/t15-,16+. The lowest BCUT2D eigenvalue weighted by Gasteiger charge is -2.14. The first-order valence-corrected chi connectivity index (χ1v) is 8.73. The molecule has 3 rings (SSSR count). The Hall–Kier alpha value is -2.76. The summed E-state index contributed by atoms with van der Waals surface area (Å²) in [5.74, 6) is -1.91. The summed E-state index contributed by atoms with van der Waals surface area (Å²) in [6, 6.07) is 6.99. The first-order valence-electron chi connectivity index (χ1n) is 8.73.